The molecule has 1 N–H and O–H groups in total. The van der Waals surface area contributed by atoms with E-state index in [1.165, 1.54) is 12.1 Å². The first kappa shape index (κ1) is 25.0. The van der Waals surface area contributed by atoms with Gasteiger partial charge in [0.15, 0.2) is 11.5 Å². The molecule has 0 amide bonds. The third-order valence-electron chi connectivity index (χ3n) is 5.89. The highest BCUT2D eigenvalue weighted by atomic mass is 19.1. The van der Waals surface area contributed by atoms with Crippen molar-refractivity contribution in [1.29, 1.82) is 0 Å². The van der Waals surface area contributed by atoms with Crippen LogP contribution >= 0.6 is 0 Å². The van der Waals surface area contributed by atoms with Gasteiger partial charge in [-0.15, -0.1) is 0 Å². The van der Waals surface area contributed by atoms with Crippen molar-refractivity contribution in [3.05, 3.63) is 72.1 Å². The summed E-state index contributed by atoms with van der Waals surface area (Å²) in [5.74, 6) is 2.25. The van der Waals surface area contributed by atoms with Gasteiger partial charge in [0.05, 0.1) is 26.9 Å². The lowest BCUT2D eigenvalue weighted by Crippen LogP contribution is -2.48. The number of nitrogens with zero attached hydrogens (tertiary/aromatic N) is 3. The van der Waals surface area contributed by atoms with E-state index in [1.807, 2.05) is 35.9 Å². The molecule has 0 bridgehead atoms. The minimum absolute atomic E-state index is 0.00239. The molecule has 4 rings (SSSR count). The van der Waals surface area contributed by atoms with Gasteiger partial charge in [0.2, 0.25) is 0 Å². The molecule has 2 heterocycles. The zero-order valence-corrected chi connectivity index (χ0v) is 20.2. The highest BCUT2D eigenvalue weighted by Gasteiger charge is 2.33. The Hall–Kier alpha value is -3.14. The predicted molar refractivity (Wildman–Crippen MR) is 128 cm³/mol. The Morgan fingerprint density at radius 3 is 2.83 bits per heavy atom. The van der Waals surface area contributed by atoms with Crippen LogP contribution in [0.5, 0.6) is 17.2 Å². The van der Waals surface area contributed by atoms with Gasteiger partial charge in [0.25, 0.3) is 0 Å². The van der Waals surface area contributed by atoms with E-state index in [1.54, 1.807) is 25.4 Å². The quantitative estimate of drug-likeness (QED) is 0.473. The monoisotopic (exact) mass is 485 g/mol. The Balaban J connectivity index is 1.38. The van der Waals surface area contributed by atoms with Gasteiger partial charge in [-0.1, -0.05) is 12.1 Å². The average molecular weight is 486 g/mol. The molecule has 0 aliphatic carbocycles. The first-order valence-corrected chi connectivity index (χ1v) is 11.6. The second-order valence-electron chi connectivity index (χ2n) is 8.74. The van der Waals surface area contributed by atoms with Gasteiger partial charge < -0.3 is 28.6 Å². The number of aromatic nitrogens is 2. The lowest BCUT2D eigenvalue weighted by Gasteiger charge is -2.30. The fraction of sp³-hybridized carbons (Fsp3) is 0.423. The molecule has 1 fully saturated rings. The summed E-state index contributed by atoms with van der Waals surface area (Å²) in [7, 11) is 1.62. The summed E-state index contributed by atoms with van der Waals surface area (Å²) >= 11 is 0. The average Bonchev–Trinajstić information content (AvgIpc) is 3.15. The molecule has 35 heavy (non-hydrogen) atoms. The lowest BCUT2D eigenvalue weighted by molar-refractivity contribution is -0.0647. The predicted octanol–water partition coefficient (Wildman–Crippen LogP) is 3.06. The normalized spacial score (nSPS) is 18.7. The van der Waals surface area contributed by atoms with Crippen molar-refractivity contribution in [2.24, 2.45) is 0 Å². The Bertz CT molecular complexity index is 1110. The second-order valence-corrected chi connectivity index (χ2v) is 8.74. The molecule has 2 aromatic carbocycles. The highest BCUT2D eigenvalue weighted by Crippen LogP contribution is 2.29. The zero-order valence-electron chi connectivity index (χ0n) is 20.2. The summed E-state index contributed by atoms with van der Waals surface area (Å²) in [6.45, 7) is 5.35. The fourth-order valence-electron chi connectivity index (χ4n) is 4.08. The number of aryl methyl sites for hydroxylation is 1. The number of halogens is 1. The van der Waals surface area contributed by atoms with Crippen molar-refractivity contribution >= 4 is 0 Å². The van der Waals surface area contributed by atoms with Crippen LogP contribution in [0.25, 0.3) is 0 Å². The minimum atomic E-state index is -1.22. The van der Waals surface area contributed by atoms with Gasteiger partial charge in [0, 0.05) is 38.1 Å². The number of ether oxygens (including phenoxy) is 4. The van der Waals surface area contributed by atoms with Gasteiger partial charge in [-0.3, -0.25) is 4.90 Å². The van der Waals surface area contributed by atoms with Crippen molar-refractivity contribution in [2.45, 2.75) is 25.6 Å². The van der Waals surface area contributed by atoms with Crippen molar-refractivity contribution in [2.75, 3.05) is 46.6 Å². The Morgan fingerprint density at radius 1 is 1.17 bits per heavy atom. The standard InChI is InChI=1S/C26H32FN3O5/c1-20-28-8-9-30(20)11-13-34-25-14-21(6-7-24(25)32-2)16-29-10-12-33-18-26(31,17-29)19-35-23-5-3-4-22(27)15-23/h3-9,14-15,31H,10-13,16-19H2,1-2H3. The molecule has 1 saturated heterocycles. The summed E-state index contributed by atoms with van der Waals surface area (Å²) in [5.41, 5.74) is -0.202. The summed E-state index contributed by atoms with van der Waals surface area (Å²) in [4.78, 5) is 6.34. The molecule has 3 aromatic rings. The number of hydrogen-bond donors (Lipinski definition) is 1. The van der Waals surface area contributed by atoms with E-state index < -0.39 is 5.60 Å². The van der Waals surface area contributed by atoms with E-state index in [2.05, 4.69) is 9.88 Å². The molecule has 9 heteroatoms. The SMILES string of the molecule is COc1ccc(CN2CCOCC(O)(COc3cccc(F)c3)C2)cc1OCCn1ccnc1C. The first-order valence-electron chi connectivity index (χ1n) is 11.6. The number of aliphatic hydroxyl groups is 1. The van der Waals surface area contributed by atoms with Crippen LogP contribution in [0.4, 0.5) is 4.39 Å². The molecule has 1 atom stereocenters. The van der Waals surface area contributed by atoms with Crippen molar-refractivity contribution in [1.82, 2.24) is 14.5 Å². The minimum Gasteiger partial charge on any atom is -0.493 e. The van der Waals surface area contributed by atoms with E-state index >= 15 is 0 Å². The van der Waals surface area contributed by atoms with Gasteiger partial charge >= 0.3 is 0 Å². The van der Waals surface area contributed by atoms with Crippen LogP contribution in [0.3, 0.4) is 0 Å². The van der Waals surface area contributed by atoms with Crippen LogP contribution in [0.15, 0.2) is 54.9 Å². The van der Waals surface area contributed by atoms with Crippen molar-refractivity contribution < 1.29 is 28.4 Å². The number of benzene rings is 2. The van der Waals surface area contributed by atoms with Gasteiger partial charge in [-0.2, -0.15) is 0 Å². The second kappa shape index (κ2) is 11.5. The van der Waals surface area contributed by atoms with Crippen LogP contribution in [-0.2, 0) is 17.8 Å². The number of imidazole rings is 1. The molecule has 188 valence electrons. The molecule has 1 aromatic heterocycles. The van der Waals surface area contributed by atoms with E-state index in [4.69, 9.17) is 18.9 Å². The Morgan fingerprint density at radius 2 is 2.06 bits per heavy atom. The van der Waals surface area contributed by atoms with Gasteiger partial charge in [-0.05, 0) is 36.8 Å². The van der Waals surface area contributed by atoms with Crippen LogP contribution in [-0.4, -0.2) is 71.8 Å². The van der Waals surface area contributed by atoms with Crippen LogP contribution in [0, 0.1) is 12.7 Å². The number of hydrogen-bond acceptors (Lipinski definition) is 7. The number of methoxy groups -OCH3 is 1. The van der Waals surface area contributed by atoms with Crippen molar-refractivity contribution in [3.8, 4) is 17.2 Å². The molecular formula is C26H32FN3O5. The Labute approximate surface area is 204 Å². The Kier molecular flexibility index (Phi) is 8.22. The molecular weight excluding hydrogens is 453 g/mol. The van der Waals surface area contributed by atoms with E-state index in [9.17, 15) is 9.50 Å². The molecule has 0 spiro atoms. The smallest absolute Gasteiger partial charge is 0.161 e. The number of rotatable bonds is 10. The maximum absolute atomic E-state index is 13.5. The fourth-order valence-corrected chi connectivity index (χ4v) is 4.08. The molecule has 8 nitrogen and oxygen atoms in total. The van der Waals surface area contributed by atoms with Crippen LogP contribution in [0.1, 0.15) is 11.4 Å². The summed E-state index contributed by atoms with van der Waals surface area (Å²) in [6.07, 6.45) is 3.69. The van der Waals surface area contributed by atoms with E-state index in [0.29, 0.717) is 56.6 Å². The number of β-amino-alcohol motifs (C(OH)–C–C–N with tert-alkyl or cyclic N) is 1. The molecule has 0 radical (unpaired) electrons. The highest BCUT2D eigenvalue weighted by molar-refractivity contribution is 5.43. The third kappa shape index (κ3) is 6.94. The maximum Gasteiger partial charge on any atom is 0.161 e. The molecule has 1 unspecified atom stereocenters. The largest absolute Gasteiger partial charge is 0.493 e. The summed E-state index contributed by atoms with van der Waals surface area (Å²) in [5, 5.41) is 11.2. The van der Waals surface area contributed by atoms with Gasteiger partial charge in [0.1, 0.15) is 36.2 Å². The molecule has 1 aliphatic rings. The van der Waals surface area contributed by atoms with Gasteiger partial charge in [-0.25, -0.2) is 9.37 Å². The van der Waals surface area contributed by atoms with Crippen LogP contribution < -0.4 is 14.2 Å². The van der Waals surface area contributed by atoms with E-state index in [-0.39, 0.29) is 19.0 Å². The summed E-state index contributed by atoms with van der Waals surface area (Å²) in [6, 6.07) is 11.7. The third-order valence-corrected chi connectivity index (χ3v) is 5.89. The van der Waals surface area contributed by atoms with E-state index in [0.717, 1.165) is 11.4 Å². The van der Waals surface area contributed by atoms with Crippen LogP contribution in [0.2, 0.25) is 0 Å². The van der Waals surface area contributed by atoms with Crippen molar-refractivity contribution in [3.63, 3.8) is 0 Å². The molecule has 0 saturated carbocycles. The first-order chi connectivity index (χ1) is 16.9. The zero-order chi connectivity index (χ0) is 24.7. The maximum atomic E-state index is 13.5. The topological polar surface area (TPSA) is 78.2 Å². The lowest BCUT2D eigenvalue weighted by atomic mass is 10.1. The summed E-state index contributed by atoms with van der Waals surface area (Å²) < 4.78 is 38.3. The molecule has 1 aliphatic heterocycles.